The van der Waals surface area contributed by atoms with E-state index >= 15 is 0 Å². The average molecular weight is 326 g/mol. The maximum Gasteiger partial charge on any atom is 0.313 e. The smallest absolute Gasteiger partial charge is 0.313 e. The second kappa shape index (κ2) is 7.09. The Balaban J connectivity index is 1.81. The summed E-state index contributed by atoms with van der Waals surface area (Å²) in [7, 11) is 1.62. The number of cyclic esters (lactones) is 1. The van der Waals surface area contributed by atoms with Crippen LogP contribution in [0.2, 0.25) is 0 Å². The Hall–Kier alpha value is -2.28. The number of Topliss-reactive ketones (excluding diaryl/α,β-unsaturated/α-hetero) is 1. The number of ether oxygens (including phenoxy) is 2. The molecule has 1 aliphatic carbocycles. The van der Waals surface area contributed by atoms with Crippen molar-refractivity contribution in [3.63, 3.8) is 0 Å². The Morgan fingerprint density at radius 2 is 2.08 bits per heavy atom. The van der Waals surface area contributed by atoms with Gasteiger partial charge in [0.25, 0.3) is 0 Å². The summed E-state index contributed by atoms with van der Waals surface area (Å²) in [5.74, 6) is 6.83. The van der Waals surface area contributed by atoms with Crippen molar-refractivity contribution in [2.45, 2.75) is 50.5 Å². The largest absolute Gasteiger partial charge is 0.497 e. The first-order valence-electron chi connectivity index (χ1n) is 8.48. The molecule has 0 amide bonds. The quantitative estimate of drug-likeness (QED) is 0.486. The molecule has 1 heterocycles. The second-order valence-corrected chi connectivity index (χ2v) is 6.62. The highest BCUT2D eigenvalue weighted by atomic mass is 16.6. The molecule has 4 nitrogen and oxygen atoms in total. The van der Waals surface area contributed by atoms with E-state index in [0.29, 0.717) is 12.8 Å². The molecule has 24 heavy (non-hydrogen) atoms. The van der Waals surface area contributed by atoms with Crippen LogP contribution in [0.4, 0.5) is 0 Å². The number of benzene rings is 1. The molecule has 1 saturated heterocycles. The molecule has 0 aromatic heterocycles. The van der Waals surface area contributed by atoms with Crippen LogP contribution < -0.4 is 4.74 Å². The van der Waals surface area contributed by atoms with Crippen LogP contribution in [0.3, 0.4) is 0 Å². The van der Waals surface area contributed by atoms with E-state index in [2.05, 4.69) is 11.8 Å². The summed E-state index contributed by atoms with van der Waals surface area (Å²) in [5.41, 5.74) is 0.124. The van der Waals surface area contributed by atoms with Gasteiger partial charge in [0, 0.05) is 17.9 Å². The minimum Gasteiger partial charge on any atom is -0.497 e. The molecule has 2 fully saturated rings. The van der Waals surface area contributed by atoms with Crippen LogP contribution in [-0.4, -0.2) is 24.5 Å². The summed E-state index contributed by atoms with van der Waals surface area (Å²) >= 11 is 0. The van der Waals surface area contributed by atoms with Gasteiger partial charge < -0.3 is 9.47 Å². The first-order chi connectivity index (χ1) is 11.6. The number of carbonyl (C=O) groups excluding carboxylic acids is 2. The molecule has 1 aromatic carbocycles. The maximum absolute atomic E-state index is 12.0. The molecule has 1 aromatic rings. The lowest BCUT2D eigenvalue weighted by atomic mass is 9.77. The summed E-state index contributed by atoms with van der Waals surface area (Å²) in [5, 5.41) is 0. The fraction of sp³-hybridized carbons (Fsp3) is 0.500. The summed E-state index contributed by atoms with van der Waals surface area (Å²) in [6.45, 7) is 0. The molecule has 1 atom stereocenters. The standard InChI is InChI=1S/C20H22O4/c1-23-18-10-4-6-15(12-18)7-5-11-20(16-8-2-3-9-16)14-17(21)13-19(22)24-20/h4,6,10,12,16H,2-3,8-9,11,13-14H2,1H3. The van der Waals surface area contributed by atoms with Crippen LogP contribution in [0.5, 0.6) is 5.75 Å². The lowest BCUT2D eigenvalue weighted by Gasteiger charge is -2.39. The Morgan fingerprint density at radius 3 is 2.79 bits per heavy atom. The van der Waals surface area contributed by atoms with Crippen LogP contribution in [-0.2, 0) is 14.3 Å². The second-order valence-electron chi connectivity index (χ2n) is 6.62. The third kappa shape index (κ3) is 3.62. The van der Waals surface area contributed by atoms with Gasteiger partial charge >= 0.3 is 5.97 Å². The van der Waals surface area contributed by atoms with Crippen LogP contribution in [0.15, 0.2) is 24.3 Å². The molecule has 1 unspecified atom stereocenters. The van der Waals surface area contributed by atoms with Crippen molar-refractivity contribution < 1.29 is 19.1 Å². The van der Waals surface area contributed by atoms with E-state index in [0.717, 1.165) is 37.0 Å². The van der Waals surface area contributed by atoms with E-state index in [9.17, 15) is 9.59 Å². The van der Waals surface area contributed by atoms with E-state index in [1.165, 1.54) is 0 Å². The maximum atomic E-state index is 12.0. The molecule has 1 saturated carbocycles. The van der Waals surface area contributed by atoms with Crippen molar-refractivity contribution in [3.8, 4) is 17.6 Å². The van der Waals surface area contributed by atoms with Gasteiger partial charge in [0.05, 0.1) is 13.5 Å². The number of rotatable bonds is 3. The number of esters is 1. The molecule has 1 aliphatic heterocycles. The lowest BCUT2D eigenvalue weighted by Crippen LogP contribution is -2.47. The van der Waals surface area contributed by atoms with Crippen LogP contribution in [0.25, 0.3) is 0 Å². The molecular weight excluding hydrogens is 304 g/mol. The zero-order chi connectivity index (χ0) is 17.0. The predicted molar refractivity (Wildman–Crippen MR) is 89.5 cm³/mol. The molecule has 4 heteroatoms. The third-order valence-corrected chi connectivity index (χ3v) is 4.94. The first kappa shape index (κ1) is 16.6. The number of hydrogen-bond donors (Lipinski definition) is 0. The van der Waals surface area contributed by atoms with Gasteiger partial charge in [0.2, 0.25) is 0 Å². The fourth-order valence-electron chi connectivity index (χ4n) is 3.78. The van der Waals surface area contributed by atoms with E-state index in [1.807, 2.05) is 24.3 Å². The zero-order valence-corrected chi connectivity index (χ0v) is 14.0. The molecule has 0 N–H and O–H groups in total. The SMILES string of the molecule is COc1cccc(C#CCC2(C3CCCC3)CC(=O)CC(=O)O2)c1. The Kier molecular flexibility index (Phi) is 4.89. The van der Waals surface area contributed by atoms with Crippen molar-refractivity contribution in [3.05, 3.63) is 29.8 Å². The summed E-state index contributed by atoms with van der Waals surface area (Å²) < 4.78 is 10.9. The number of ketones is 1. The molecule has 2 aliphatic rings. The lowest BCUT2D eigenvalue weighted by molar-refractivity contribution is -0.176. The van der Waals surface area contributed by atoms with Crippen molar-refractivity contribution in [2.75, 3.05) is 7.11 Å². The fourth-order valence-corrected chi connectivity index (χ4v) is 3.78. The van der Waals surface area contributed by atoms with Gasteiger partial charge in [-0.1, -0.05) is 30.7 Å². The van der Waals surface area contributed by atoms with Gasteiger partial charge in [-0.05, 0) is 31.0 Å². The van der Waals surface area contributed by atoms with Crippen LogP contribution in [0.1, 0.15) is 50.5 Å². The van der Waals surface area contributed by atoms with Crippen molar-refractivity contribution >= 4 is 11.8 Å². The Labute approximate surface area is 142 Å². The first-order valence-corrected chi connectivity index (χ1v) is 8.48. The van der Waals surface area contributed by atoms with E-state index in [-0.39, 0.29) is 18.1 Å². The zero-order valence-electron chi connectivity index (χ0n) is 14.0. The monoisotopic (exact) mass is 326 g/mol. The number of methoxy groups -OCH3 is 1. The van der Waals surface area contributed by atoms with E-state index in [4.69, 9.17) is 9.47 Å². The van der Waals surface area contributed by atoms with Gasteiger partial charge in [-0.3, -0.25) is 9.59 Å². The van der Waals surface area contributed by atoms with Crippen LogP contribution >= 0.6 is 0 Å². The summed E-state index contributed by atoms with van der Waals surface area (Å²) in [4.78, 5) is 23.9. The molecular formula is C20H22O4. The number of hydrogen-bond acceptors (Lipinski definition) is 4. The van der Waals surface area contributed by atoms with Gasteiger partial charge in [0.15, 0.2) is 0 Å². The number of carbonyl (C=O) groups is 2. The topological polar surface area (TPSA) is 52.6 Å². The van der Waals surface area contributed by atoms with Crippen molar-refractivity contribution in [2.24, 2.45) is 5.92 Å². The van der Waals surface area contributed by atoms with Crippen molar-refractivity contribution in [1.29, 1.82) is 0 Å². The predicted octanol–water partition coefficient (Wildman–Crippen LogP) is 3.27. The van der Waals surface area contributed by atoms with E-state index in [1.54, 1.807) is 7.11 Å². The normalized spacial score (nSPS) is 24.2. The minimum absolute atomic E-state index is 0.0265. The van der Waals surface area contributed by atoms with Crippen molar-refractivity contribution in [1.82, 2.24) is 0 Å². The molecule has 0 radical (unpaired) electrons. The molecule has 126 valence electrons. The highest BCUT2D eigenvalue weighted by Crippen LogP contribution is 2.43. The van der Waals surface area contributed by atoms with Gasteiger partial charge in [0.1, 0.15) is 23.6 Å². The summed E-state index contributed by atoms with van der Waals surface area (Å²) in [6.07, 6.45) is 4.87. The molecule has 0 spiro atoms. The molecule has 0 bridgehead atoms. The van der Waals surface area contributed by atoms with Crippen LogP contribution in [0, 0.1) is 17.8 Å². The van der Waals surface area contributed by atoms with Gasteiger partial charge in [-0.2, -0.15) is 0 Å². The Morgan fingerprint density at radius 1 is 1.29 bits per heavy atom. The Bertz CT molecular complexity index is 673. The van der Waals surface area contributed by atoms with Gasteiger partial charge in [-0.25, -0.2) is 0 Å². The minimum atomic E-state index is -0.727. The highest BCUT2D eigenvalue weighted by molar-refractivity contribution is 5.98. The highest BCUT2D eigenvalue weighted by Gasteiger charge is 2.47. The van der Waals surface area contributed by atoms with Gasteiger partial charge in [-0.15, -0.1) is 0 Å². The summed E-state index contributed by atoms with van der Waals surface area (Å²) in [6, 6.07) is 7.54. The average Bonchev–Trinajstić information content (AvgIpc) is 3.09. The van der Waals surface area contributed by atoms with E-state index < -0.39 is 11.6 Å². The molecule has 3 rings (SSSR count). The third-order valence-electron chi connectivity index (χ3n) is 4.94.